The largest absolute Gasteiger partial charge is 0.444 e. The first kappa shape index (κ1) is 31.8. The number of carbonyl (C=O) groups is 2. The predicted octanol–water partition coefficient (Wildman–Crippen LogP) is 8.41. The van der Waals surface area contributed by atoms with Gasteiger partial charge in [0.1, 0.15) is 11.2 Å². The van der Waals surface area contributed by atoms with Gasteiger partial charge in [-0.05, 0) is 89.8 Å². The highest BCUT2D eigenvalue weighted by molar-refractivity contribution is 5.87. The molecule has 0 aliphatic rings. The fraction of sp³-hybridized carbons (Fsp3) is 0.481. The molecule has 6 nitrogen and oxygen atoms in total. The van der Waals surface area contributed by atoms with E-state index in [2.05, 4.69) is 10.6 Å². The van der Waals surface area contributed by atoms with Gasteiger partial charge in [-0.25, -0.2) is 9.59 Å². The molecule has 39 heavy (non-hydrogen) atoms. The van der Waals surface area contributed by atoms with Crippen molar-refractivity contribution in [3.8, 4) is 0 Å². The maximum absolute atomic E-state index is 14.7. The van der Waals surface area contributed by atoms with Gasteiger partial charge in [-0.1, -0.05) is 24.3 Å². The van der Waals surface area contributed by atoms with Crippen LogP contribution >= 0.6 is 0 Å². The molecule has 0 radical (unpaired) electrons. The van der Waals surface area contributed by atoms with Gasteiger partial charge in [-0.15, -0.1) is 0 Å². The van der Waals surface area contributed by atoms with Gasteiger partial charge in [-0.2, -0.15) is 26.3 Å². The monoisotopic (exact) mass is 562 g/mol. The number of aryl methyl sites for hydroxylation is 2. The lowest BCUT2D eigenvalue weighted by atomic mass is 9.72. The normalized spacial score (nSPS) is 13.1. The fourth-order valence-electron chi connectivity index (χ4n) is 3.79. The average Bonchev–Trinajstić information content (AvgIpc) is 2.68. The molecule has 2 amide bonds. The van der Waals surface area contributed by atoms with Crippen LogP contribution in [-0.2, 0) is 14.9 Å². The molecule has 0 aliphatic carbocycles. The number of amides is 2. The van der Waals surface area contributed by atoms with Crippen molar-refractivity contribution >= 4 is 23.6 Å². The molecule has 0 aromatic heterocycles. The Morgan fingerprint density at radius 3 is 1.18 bits per heavy atom. The van der Waals surface area contributed by atoms with E-state index < -0.39 is 52.3 Å². The topological polar surface area (TPSA) is 76.7 Å². The summed E-state index contributed by atoms with van der Waals surface area (Å²) in [5, 5.41) is 4.46. The first-order valence-corrected chi connectivity index (χ1v) is 11.8. The number of halogens is 6. The molecule has 0 spiro atoms. The van der Waals surface area contributed by atoms with E-state index in [4.69, 9.17) is 9.47 Å². The van der Waals surface area contributed by atoms with E-state index in [1.807, 2.05) is 0 Å². The highest BCUT2D eigenvalue weighted by Gasteiger charge is 2.72. The van der Waals surface area contributed by atoms with Gasteiger partial charge < -0.3 is 9.47 Å². The van der Waals surface area contributed by atoms with Crippen LogP contribution in [0.5, 0.6) is 0 Å². The zero-order valence-electron chi connectivity index (χ0n) is 22.9. The minimum Gasteiger partial charge on any atom is -0.444 e. The highest BCUT2D eigenvalue weighted by atomic mass is 19.4. The Labute approximate surface area is 223 Å². The zero-order valence-corrected chi connectivity index (χ0v) is 22.9. The first-order valence-electron chi connectivity index (χ1n) is 11.8. The lowest BCUT2D eigenvalue weighted by Crippen LogP contribution is -2.54. The van der Waals surface area contributed by atoms with Crippen LogP contribution in [0.25, 0.3) is 0 Å². The van der Waals surface area contributed by atoms with E-state index in [0.717, 1.165) is 12.1 Å². The number of hydrogen-bond donors (Lipinski definition) is 2. The SMILES string of the molecule is Cc1ccc(C(c2ccc(C)c(NC(=O)OC(C)(C)C)c2)(C(F)(F)F)C(F)(F)F)cc1NC(=O)OC(C)(C)C. The lowest BCUT2D eigenvalue weighted by molar-refractivity contribution is -0.288. The molecule has 0 saturated heterocycles. The summed E-state index contributed by atoms with van der Waals surface area (Å²) >= 11 is 0. The Morgan fingerprint density at radius 1 is 0.615 bits per heavy atom. The third-order valence-corrected chi connectivity index (χ3v) is 5.46. The molecule has 2 aromatic rings. The third kappa shape index (κ3) is 7.36. The Bertz CT molecular complexity index is 1130. The minimum absolute atomic E-state index is 0.207. The molecule has 0 saturated carbocycles. The summed E-state index contributed by atoms with van der Waals surface area (Å²) in [6.07, 6.45) is -13.9. The van der Waals surface area contributed by atoms with E-state index in [1.165, 1.54) is 13.8 Å². The summed E-state index contributed by atoms with van der Waals surface area (Å²) in [5.74, 6) is 0. The number of anilines is 2. The van der Waals surface area contributed by atoms with Gasteiger partial charge in [0.25, 0.3) is 0 Å². The number of alkyl halides is 6. The summed E-state index contributed by atoms with van der Waals surface area (Å²) in [7, 11) is 0. The van der Waals surface area contributed by atoms with Gasteiger partial charge in [-0.3, -0.25) is 10.6 Å². The second-order valence-corrected chi connectivity index (χ2v) is 11.1. The number of rotatable bonds is 4. The molecule has 12 heteroatoms. The number of nitrogens with one attached hydrogen (secondary N) is 2. The molecule has 2 aromatic carbocycles. The summed E-state index contributed by atoms with van der Waals surface area (Å²) in [5.41, 5.74) is -8.99. The van der Waals surface area contributed by atoms with Crippen molar-refractivity contribution in [1.29, 1.82) is 0 Å². The van der Waals surface area contributed by atoms with Crippen molar-refractivity contribution < 1.29 is 45.4 Å². The minimum atomic E-state index is -5.89. The quantitative estimate of drug-likeness (QED) is 0.367. The van der Waals surface area contributed by atoms with Gasteiger partial charge in [0.15, 0.2) is 0 Å². The van der Waals surface area contributed by atoms with Gasteiger partial charge in [0, 0.05) is 11.4 Å². The summed E-state index contributed by atoms with van der Waals surface area (Å²) in [6, 6.07) is 4.75. The molecular weight excluding hydrogens is 530 g/mol. The molecule has 0 unspecified atom stereocenters. The first-order chi connectivity index (χ1) is 17.5. The Kier molecular flexibility index (Phi) is 8.65. The van der Waals surface area contributed by atoms with Crippen LogP contribution in [0.4, 0.5) is 47.3 Å². The third-order valence-electron chi connectivity index (χ3n) is 5.46. The Balaban J connectivity index is 2.77. The van der Waals surface area contributed by atoms with Crippen molar-refractivity contribution in [2.24, 2.45) is 0 Å². The van der Waals surface area contributed by atoms with Gasteiger partial charge >= 0.3 is 24.5 Å². The van der Waals surface area contributed by atoms with Crippen molar-refractivity contribution in [3.05, 3.63) is 58.7 Å². The van der Waals surface area contributed by atoms with Crippen LogP contribution in [0, 0.1) is 13.8 Å². The highest BCUT2D eigenvalue weighted by Crippen LogP contribution is 2.57. The van der Waals surface area contributed by atoms with Crippen molar-refractivity contribution in [2.45, 2.75) is 84.4 Å². The average molecular weight is 563 g/mol. The van der Waals surface area contributed by atoms with Crippen LogP contribution in [0.3, 0.4) is 0 Å². The molecule has 0 fully saturated rings. The summed E-state index contributed by atoms with van der Waals surface area (Å²) in [6.45, 7) is 12.1. The molecule has 0 bridgehead atoms. The van der Waals surface area contributed by atoms with Gasteiger partial charge in [0.05, 0.1) is 0 Å². The number of hydrogen-bond acceptors (Lipinski definition) is 4. The zero-order chi connectivity index (χ0) is 30.2. The Morgan fingerprint density at radius 2 is 0.923 bits per heavy atom. The van der Waals surface area contributed by atoms with Crippen molar-refractivity contribution in [2.75, 3.05) is 10.6 Å². The van der Waals surface area contributed by atoms with Crippen molar-refractivity contribution in [1.82, 2.24) is 0 Å². The van der Waals surface area contributed by atoms with E-state index >= 15 is 0 Å². The van der Waals surface area contributed by atoms with E-state index in [0.29, 0.717) is 24.3 Å². The standard InChI is InChI=1S/C27H32F6N2O4/c1-15-9-11-17(13-19(15)34-21(36)38-23(3,4)5)25(26(28,29)30,27(31,32)33)18-12-10-16(2)20(14-18)35-22(37)39-24(6,7)8/h9-14H,1-8H3,(H,34,36)(H,35,37). The van der Waals surface area contributed by atoms with Crippen LogP contribution in [0.15, 0.2) is 36.4 Å². The maximum Gasteiger partial charge on any atom is 0.412 e. The molecule has 2 rings (SSSR count). The van der Waals surface area contributed by atoms with Crippen LogP contribution < -0.4 is 10.6 Å². The van der Waals surface area contributed by atoms with Gasteiger partial charge in [0.2, 0.25) is 5.41 Å². The second-order valence-electron chi connectivity index (χ2n) is 11.1. The summed E-state index contributed by atoms with van der Waals surface area (Å²) in [4.78, 5) is 24.5. The fourth-order valence-corrected chi connectivity index (χ4v) is 3.79. The van der Waals surface area contributed by atoms with Crippen LogP contribution in [0.2, 0.25) is 0 Å². The van der Waals surface area contributed by atoms with E-state index in [-0.39, 0.29) is 22.5 Å². The molecule has 2 N–H and O–H groups in total. The lowest BCUT2D eigenvalue weighted by Gasteiger charge is -2.39. The molecular formula is C27H32F6N2O4. The van der Waals surface area contributed by atoms with Crippen molar-refractivity contribution in [3.63, 3.8) is 0 Å². The molecule has 0 atom stereocenters. The maximum atomic E-state index is 14.7. The second kappa shape index (κ2) is 10.6. The van der Waals surface area contributed by atoms with Crippen LogP contribution in [0.1, 0.15) is 63.8 Å². The smallest absolute Gasteiger partial charge is 0.412 e. The Hall–Kier alpha value is -3.44. The number of ether oxygens (including phenoxy) is 2. The molecule has 0 aliphatic heterocycles. The van der Waals surface area contributed by atoms with Crippen LogP contribution in [-0.4, -0.2) is 35.7 Å². The number of benzene rings is 2. The molecule has 0 heterocycles. The number of carbonyl (C=O) groups excluding carboxylic acids is 2. The van der Waals surface area contributed by atoms with E-state index in [1.54, 1.807) is 41.5 Å². The summed E-state index contributed by atoms with van der Waals surface area (Å²) < 4.78 is 98.6. The van der Waals surface area contributed by atoms with E-state index in [9.17, 15) is 35.9 Å². The predicted molar refractivity (Wildman–Crippen MR) is 135 cm³/mol. The molecule has 216 valence electrons.